The third-order valence-corrected chi connectivity index (χ3v) is 3.83. The van der Waals surface area contributed by atoms with E-state index in [-0.39, 0.29) is 0 Å². The Kier molecular flexibility index (Phi) is 5.64. The zero-order valence-corrected chi connectivity index (χ0v) is 14.4. The van der Waals surface area contributed by atoms with Crippen LogP contribution in [0, 0.1) is 0 Å². The fraction of sp³-hybridized carbons (Fsp3) is 0.263. The Morgan fingerprint density at radius 2 is 1.52 bits per heavy atom. The molecular weight excluding hydrogens is 318 g/mol. The SMILES string of the molecule is COc1ccc(CCNCc2nnc(-c3ccc(OC)cc3)o2)cc1. The largest absolute Gasteiger partial charge is 0.497 e. The predicted molar refractivity (Wildman–Crippen MR) is 94.7 cm³/mol. The van der Waals surface area contributed by atoms with E-state index in [1.54, 1.807) is 14.2 Å². The molecule has 0 aliphatic rings. The second kappa shape index (κ2) is 8.30. The number of nitrogens with one attached hydrogen (secondary N) is 1. The van der Waals surface area contributed by atoms with Crippen molar-refractivity contribution < 1.29 is 13.9 Å². The van der Waals surface area contributed by atoms with Gasteiger partial charge in [-0.1, -0.05) is 12.1 Å². The summed E-state index contributed by atoms with van der Waals surface area (Å²) < 4.78 is 16.0. The van der Waals surface area contributed by atoms with Gasteiger partial charge in [-0.2, -0.15) is 0 Å². The van der Waals surface area contributed by atoms with E-state index >= 15 is 0 Å². The van der Waals surface area contributed by atoms with Crippen LogP contribution in [0.3, 0.4) is 0 Å². The first-order chi connectivity index (χ1) is 12.3. The van der Waals surface area contributed by atoms with Gasteiger partial charge in [-0.15, -0.1) is 10.2 Å². The van der Waals surface area contributed by atoms with Crippen molar-refractivity contribution in [3.8, 4) is 23.0 Å². The molecule has 0 bridgehead atoms. The molecule has 0 aliphatic heterocycles. The van der Waals surface area contributed by atoms with Gasteiger partial charge in [0.15, 0.2) is 0 Å². The minimum absolute atomic E-state index is 0.509. The van der Waals surface area contributed by atoms with Crippen molar-refractivity contribution in [2.75, 3.05) is 20.8 Å². The molecule has 25 heavy (non-hydrogen) atoms. The third kappa shape index (κ3) is 4.58. The zero-order chi connectivity index (χ0) is 17.5. The smallest absolute Gasteiger partial charge is 0.247 e. The molecule has 130 valence electrons. The van der Waals surface area contributed by atoms with Gasteiger partial charge in [0.25, 0.3) is 0 Å². The summed E-state index contributed by atoms with van der Waals surface area (Å²) in [5.41, 5.74) is 2.12. The van der Waals surface area contributed by atoms with Crippen LogP contribution in [0.1, 0.15) is 11.5 Å². The van der Waals surface area contributed by atoms with Crippen molar-refractivity contribution in [3.05, 3.63) is 60.0 Å². The van der Waals surface area contributed by atoms with Crippen molar-refractivity contribution in [1.29, 1.82) is 0 Å². The number of hydrogen-bond donors (Lipinski definition) is 1. The van der Waals surface area contributed by atoms with Crippen LogP contribution in [-0.2, 0) is 13.0 Å². The lowest BCUT2D eigenvalue weighted by atomic mass is 10.1. The highest BCUT2D eigenvalue weighted by atomic mass is 16.5. The summed E-state index contributed by atoms with van der Waals surface area (Å²) in [5.74, 6) is 2.74. The molecule has 6 heteroatoms. The molecule has 0 amide bonds. The number of ether oxygens (including phenoxy) is 2. The molecule has 0 aliphatic carbocycles. The van der Waals surface area contributed by atoms with Crippen LogP contribution in [0.25, 0.3) is 11.5 Å². The Hall–Kier alpha value is -2.86. The van der Waals surface area contributed by atoms with Crippen LogP contribution >= 0.6 is 0 Å². The van der Waals surface area contributed by atoms with Gasteiger partial charge in [-0.3, -0.25) is 0 Å². The van der Waals surface area contributed by atoms with E-state index in [1.165, 1.54) is 5.56 Å². The molecule has 0 saturated carbocycles. The molecular formula is C19H21N3O3. The van der Waals surface area contributed by atoms with Gasteiger partial charge in [0.1, 0.15) is 11.5 Å². The molecule has 0 fully saturated rings. The number of methoxy groups -OCH3 is 2. The number of hydrogen-bond acceptors (Lipinski definition) is 6. The summed E-state index contributed by atoms with van der Waals surface area (Å²) in [5, 5.41) is 11.5. The molecule has 6 nitrogen and oxygen atoms in total. The summed E-state index contributed by atoms with van der Waals surface area (Å²) in [7, 11) is 3.30. The molecule has 0 spiro atoms. The summed E-state index contributed by atoms with van der Waals surface area (Å²) in [4.78, 5) is 0. The first kappa shape index (κ1) is 17.0. The molecule has 0 atom stereocenters. The minimum Gasteiger partial charge on any atom is -0.497 e. The maximum Gasteiger partial charge on any atom is 0.247 e. The molecule has 0 saturated heterocycles. The van der Waals surface area contributed by atoms with Gasteiger partial charge < -0.3 is 19.2 Å². The molecule has 1 heterocycles. The maximum absolute atomic E-state index is 5.68. The number of benzene rings is 2. The minimum atomic E-state index is 0.509. The first-order valence-electron chi connectivity index (χ1n) is 8.09. The zero-order valence-electron chi connectivity index (χ0n) is 14.4. The van der Waals surface area contributed by atoms with Gasteiger partial charge in [0, 0.05) is 5.56 Å². The highest BCUT2D eigenvalue weighted by Gasteiger charge is 2.08. The van der Waals surface area contributed by atoms with Gasteiger partial charge in [0.2, 0.25) is 11.8 Å². The second-order valence-electron chi connectivity index (χ2n) is 5.50. The number of nitrogens with zero attached hydrogens (tertiary/aromatic N) is 2. The Morgan fingerprint density at radius 3 is 2.16 bits per heavy atom. The lowest BCUT2D eigenvalue weighted by Crippen LogP contribution is -2.16. The summed E-state index contributed by atoms with van der Waals surface area (Å²) in [6.45, 7) is 1.37. The monoisotopic (exact) mass is 339 g/mol. The molecule has 3 rings (SSSR count). The van der Waals surface area contributed by atoms with Crippen LogP contribution in [0.2, 0.25) is 0 Å². The van der Waals surface area contributed by atoms with E-state index in [2.05, 4.69) is 27.6 Å². The highest BCUT2D eigenvalue weighted by Crippen LogP contribution is 2.21. The van der Waals surface area contributed by atoms with Crippen LogP contribution in [0.5, 0.6) is 11.5 Å². The van der Waals surface area contributed by atoms with Crippen molar-refractivity contribution in [3.63, 3.8) is 0 Å². The molecule has 0 radical (unpaired) electrons. The van der Waals surface area contributed by atoms with Crippen LogP contribution in [0.4, 0.5) is 0 Å². The number of rotatable bonds is 8. The molecule has 2 aromatic carbocycles. The van der Waals surface area contributed by atoms with E-state index in [0.717, 1.165) is 30.0 Å². The molecule has 3 aromatic rings. The first-order valence-corrected chi connectivity index (χ1v) is 8.09. The van der Waals surface area contributed by atoms with E-state index in [9.17, 15) is 0 Å². The van der Waals surface area contributed by atoms with Gasteiger partial charge >= 0.3 is 0 Å². The van der Waals surface area contributed by atoms with Crippen LogP contribution in [0.15, 0.2) is 52.9 Å². The Balaban J connectivity index is 1.47. The fourth-order valence-corrected chi connectivity index (χ4v) is 2.40. The molecule has 1 N–H and O–H groups in total. The maximum atomic E-state index is 5.68. The van der Waals surface area contributed by atoms with E-state index in [1.807, 2.05) is 36.4 Å². The molecule has 0 unspecified atom stereocenters. The predicted octanol–water partition coefficient (Wildman–Crippen LogP) is 3.09. The van der Waals surface area contributed by atoms with E-state index in [0.29, 0.717) is 18.3 Å². The average Bonchev–Trinajstić information content (AvgIpc) is 3.15. The van der Waals surface area contributed by atoms with Crippen molar-refractivity contribution in [2.45, 2.75) is 13.0 Å². The van der Waals surface area contributed by atoms with Crippen molar-refractivity contribution >= 4 is 0 Å². The third-order valence-electron chi connectivity index (χ3n) is 3.83. The Bertz CT molecular complexity index is 782. The highest BCUT2D eigenvalue weighted by molar-refractivity contribution is 5.53. The summed E-state index contributed by atoms with van der Waals surface area (Å²) in [6.07, 6.45) is 0.920. The van der Waals surface area contributed by atoms with Crippen molar-refractivity contribution in [2.24, 2.45) is 0 Å². The Labute approximate surface area is 146 Å². The van der Waals surface area contributed by atoms with Crippen LogP contribution < -0.4 is 14.8 Å². The number of aromatic nitrogens is 2. The Morgan fingerprint density at radius 1 is 0.880 bits per heavy atom. The van der Waals surface area contributed by atoms with Gasteiger partial charge in [0.05, 0.1) is 20.8 Å². The molecule has 1 aromatic heterocycles. The second-order valence-corrected chi connectivity index (χ2v) is 5.50. The van der Waals surface area contributed by atoms with Gasteiger partial charge in [-0.05, 0) is 54.9 Å². The summed E-state index contributed by atoms with van der Waals surface area (Å²) in [6, 6.07) is 15.6. The lowest BCUT2D eigenvalue weighted by Gasteiger charge is -2.04. The van der Waals surface area contributed by atoms with Crippen LogP contribution in [-0.4, -0.2) is 31.0 Å². The van der Waals surface area contributed by atoms with E-state index in [4.69, 9.17) is 13.9 Å². The van der Waals surface area contributed by atoms with Gasteiger partial charge in [-0.25, -0.2) is 0 Å². The normalized spacial score (nSPS) is 10.6. The van der Waals surface area contributed by atoms with E-state index < -0.39 is 0 Å². The summed E-state index contributed by atoms with van der Waals surface area (Å²) >= 11 is 0. The average molecular weight is 339 g/mol. The fourth-order valence-electron chi connectivity index (χ4n) is 2.40. The topological polar surface area (TPSA) is 69.4 Å². The lowest BCUT2D eigenvalue weighted by molar-refractivity contribution is 0.414. The quantitative estimate of drug-likeness (QED) is 0.636. The standard InChI is InChI=1S/C19H21N3O3/c1-23-16-7-3-14(4-8-16)11-12-20-13-18-21-22-19(25-18)15-5-9-17(24-2)10-6-15/h3-10,20H,11-13H2,1-2H3. The van der Waals surface area contributed by atoms with Crippen molar-refractivity contribution in [1.82, 2.24) is 15.5 Å².